The second kappa shape index (κ2) is 7.55. The van der Waals surface area contributed by atoms with Gasteiger partial charge < -0.3 is 10.2 Å². The van der Waals surface area contributed by atoms with Crippen LogP contribution in [0.5, 0.6) is 0 Å². The molecule has 1 aliphatic carbocycles. The number of fused-ring (bicyclic) bond motifs is 1. The van der Waals surface area contributed by atoms with Crippen LogP contribution >= 0.6 is 23.5 Å². The molecule has 168 valence electrons. The van der Waals surface area contributed by atoms with E-state index in [1.807, 2.05) is 0 Å². The molecule has 5 nitrogen and oxygen atoms in total. The van der Waals surface area contributed by atoms with E-state index in [4.69, 9.17) is 0 Å². The van der Waals surface area contributed by atoms with Crippen molar-refractivity contribution >= 4 is 41.0 Å². The van der Waals surface area contributed by atoms with Crippen LogP contribution in [0.25, 0.3) is 0 Å². The highest BCUT2D eigenvalue weighted by molar-refractivity contribution is 8.20. The molecule has 0 aromatic rings. The number of Topliss-reactive ketones (excluding diaryl/α,β-unsaturated/α-hetero) is 1. The summed E-state index contributed by atoms with van der Waals surface area (Å²) in [5, 5.41) is 13.9. The number of ketones is 1. The molecule has 0 spiro atoms. The molecule has 31 heavy (non-hydrogen) atoms. The molecule has 0 amide bonds. The van der Waals surface area contributed by atoms with Gasteiger partial charge in [0.05, 0.1) is 12.1 Å². The van der Waals surface area contributed by atoms with Gasteiger partial charge in [0.15, 0.2) is 5.83 Å². The minimum absolute atomic E-state index is 0.0104. The summed E-state index contributed by atoms with van der Waals surface area (Å²) in [6, 6.07) is 0. The minimum Gasteiger partial charge on any atom is -0.481 e. The molecule has 2 N–H and O–H groups in total. The van der Waals surface area contributed by atoms with Crippen molar-refractivity contribution in [2.75, 3.05) is 0 Å². The molecule has 0 saturated heterocycles. The number of carbonyl (C=O) groups excluding carboxylic acids is 1. The van der Waals surface area contributed by atoms with Crippen LogP contribution in [-0.2, 0) is 9.59 Å². The monoisotopic (exact) mass is 485 g/mol. The molecule has 0 fully saturated rings. The first kappa shape index (κ1) is 23.7. The Hall–Kier alpha value is -1.99. The first-order valence-electron chi connectivity index (χ1n) is 8.50. The average molecular weight is 485 g/mol. The number of aliphatic imine (C=N–C) groups is 1. The Morgan fingerprint density at radius 3 is 2.52 bits per heavy atom. The lowest BCUT2D eigenvalue weighted by Gasteiger charge is -2.30. The Morgan fingerprint density at radius 2 is 1.94 bits per heavy atom. The molecule has 13 heteroatoms. The van der Waals surface area contributed by atoms with Crippen LogP contribution in [0.15, 0.2) is 52.0 Å². The maximum Gasteiger partial charge on any atom is 0.464 e. The van der Waals surface area contributed by atoms with E-state index >= 15 is 0 Å². The van der Waals surface area contributed by atoms with Crippen LogP contribution in [-0.4, -0.2) is 48.1 Å². The highest BCUT2D eigenvalue weighted by atomic mass is 32.2. The fourth-order valence-corrected chi connectivity index (χ4v) is 5.83. The van der Waals surface area contributed by atoms with E-state index in [0.29, 0.717) is 17.4 Å². The van der Waals surface area contributed by atoms with Gasteiger partial charge in [0.1, 0.15) is 10.4 Å². The first-order chi connectivity index (χ1) is 14.1. The van der Waals surface area contributed by atoms with Gasteiger partial charge in [-0.2, -0.15) is 22.0 Å². The van der Waals surface area contributed by atoms with Gasteiger partial charge in [-0.3, -0.25) is 9.59 Å². The summed E-state index contributed by atoms with van der Waals surface area (Å²) in [6.45, 7) is 1.02. The van der Waals surface area contributed by atoms with Gasteiger partial charge in [0, 0.05) is 17.6 Å². The molecule has 0 bridgehead atoms. The molecule has 0 aromatic heterocycles. The minimum atomic E-state index is -6.07. The molecule has 0 saturated carbocycles. The van der Waals surface area contributed by atoms with Gasteiger partial charge in [0.2, 0.25) is 10.0 Å². The topological polar surface area (TPSA) is 87.0 Å². The maximum absolute atomic E-state index is 14.4. The number of carboxylic acid groups (broad SMARTS) is 1. The van der Waals surface area contributed by atoms with Crippen LogP contribution in [0.3, 0.4) is 0 Å². The number of alkyl halides is 5. The number of carbonyl (C=O) groups is 2. The van der Waals surface area contributed by atoms with E-state index in [1.54, 1.807) is 12.2 Å². The largest absolute Gasteiger partial charge is 0.481 e. The second-order valence-corrected chi connectivity index (χ2v) is 10.1. The molecule has 2 atom stereocenters. The first-order valence-corrected chi connectivity index (χ1v) is 10.1. The summed E-state index contributed by atoms with van der Waals surface area (Å²) >= 11 is -1.53. The lowest BCUT2D eigenvalue weighted by molar-refractivity contribution is -0.238. The van der Waals surface area contributed by atoms with Gasteiger partial charge in [0.25, 0.3) is 0 Å². The third-order valence-electron chi connectivity index (χ3n) is 4.52. The summed E-state index contributed by atoms with van der Waals surface area (Å²) in [5.74, 6) is -4.08. The molecule has 2 aliphatic heterocycles. The lowest BCUT2D eigenvalue weighted by Crippen LogP contribution is -2.39. The number of thioether (sulfide) groups is 2. The summed E-state index contributed by atoms with van der Waals surface area (Å²) in [6.07, 6.45) is -1.14. The van der Waals surface area contributed by atoms with E-state index in [0.717, 1.165) is 6.92 Å². The van der Waals surface area contributed by atoms with Crippen molar-refractivity contribution in [2.24, 2.45) is 4.99 Å². The van der Waals surface area contributed by atoms with Crippen molar-refractivity contribution in [3.63, 3.8) is 0 Å². The standard InChI is InChI=1S/C18H13F6NO4S2/c1-15(7-11(19)16(29,30-15)31-18(23,24)17(20,21)22)14(28)13-9(6-12(26)27)8-4-2-3-5-10(8)25-13/h2-4,7,29H,5-6H2,1H3,(H,26,27). The van der Waals surface area contributed by atoms with E-state index in [1.165, 1.54) is 6.08 Å². The van der Waals surface area contributed by atoms with Crippen LogP contribution in [0, 0.1) is 0 Å². The Bertz CT molecular complexity index is 1010. The van der Waals surface area contributed by atoms with Gasteiger partial charge in [-0.25, -0.2) is 9.38 Å². The Balaban J connectivity index is 1.97. The van der Waals surface area contributed by atoms with Gasteiger partial charge in [-0.05, 0) is 24.8 Å². The number of hydrogen-bond acceptors (Lipinski definition) is 6. The van der Waals surface area contributed by atoms with Crippen molar-refractivity contribution in [2.45, 2.75) is 40.2 Å². The molecule has 2 heterocycles. The zero-order chi connectivity index (χ0) is 23.4. The molecule has 0 aromatic carbocycles. The molecule has 2 unspecified atom stereocenters. The SMILES string of the molecule is CC1(C(=O)C2=C(CC(=O)O)C3=CC=CCC3=N2)C=C(F)C(O)(SC(F)(F)C(F)(F)F)S1. The molecular weight excluding hydrogens is 472 g/mol. The number of allylic oxidation sites excluding steroid dienone is 5. The fraction of sp³-hybridized carbons (Fsp3) is 0.389. The lowest BCUT2D eigenvalue weighted by atomic mass is 9.92. The number of carboxylic acids is 1. The van der Waals surface area contributed by atoms with Gasteiger partial charge >= 0.3 is 17.4 Å². The maximum atomic E-state index is 14.4. The predicted octanol–water partition coefficient (Wildman–Crippen LogP) is 4.52. The van der Waals surface area contributed by atoms with Crippen molar-refractivity contribution in [1.29, 1.82) is 0 Å². The second-order valence-electron chi connectivity index (χ2n) is 6.90. The summed E-state index contributed by atoms with van der Waals surface area (Å²) in [5.41, 5.74) is 0.378. The quantitative estimate of drug-likeness (QED) is 0.425. The smallest absolute Gasteiger partial charge is 0.464 e. The highest BCUT2D eigenvalue weighted by Gasteiger charge is 2.65. The van der Waals surface area contributed by atoms with Crippen LogP contribution < -0.4 is 0 Å². The van der Waals surface area contributed by atoms with E-state index < -0.39 is 56.2 Å². The van der Waals surface area contributed by atoms with Gasteiger partial charge in [-0.1, -0.05) is 30.0 Å². The molecular formula is C18H13F6NO4S2. The summed E-state index contributed by atoms with van der Waals surface area (Å²) in [4.78, 5) is 28.5. The van der Waals surface area contributed by atoms with Crippen LogP contribution in [0.2, 0.25) is 0 Å². The number of aliphatic carboxylic acids is 1. The van der Waals surface area contributed by atoms with E-state index in [9.17, 15) is 46.1 Å². The van der Waals surface area contributed by atoms with E-state index in [-0.39, 0.29) is 29.5 Å². The van der Waals surface area contributed by atoms with Gasteiger partial charge in [-0.15, -0.1) is 0 Å². The number of halogens is 6. The summed E-state index contributed by atoms with van der Waals surface area (Å²) in [7, 11) is 0. The highest BCUT2D eigenvalue weighted by Crippen LogP contribution is 2.61. The van der Waals surface area contributed by atoms with Crippen molar-refractivity contribution in [1.82, 2.24) is 0 Å². The summed E-state index contributed by atoms with van der Waals surface area (Å²) < 4.78 is 73.3. The third kappa shape index (κ3) is 4.22. The van der Waals surface area contributed by atoms with E-state index in [2.05, 4.69) is 4.99 Å². The Kier molecular flexibility index (Phi) is 5.77. The molecule has 3 rings (SSSR count). The zero-order valence-corrected chi connectivity index (χ0v) is 17.1. The van der Waals surface area contributed by atoms with Crippen molar-refractivity contribution in [3.8, 4) is 0 Å². The number of hydrogen-bond donors (Lipinski definition) is 2. The number of rotatable bonds is 6. The molecule has 0 radical (unpaired) electrons. The zero-order valence-electron chi connectivity index (χ0n) is 15.5. The number of aliphatic hydroxyl groups is 1. The van der Waals surface area contributed by atoms with Crippen LogP contribution in [0.1, 0.15) is 19.8 Å². The third-order valence-corrected chi connectivity index (χ3v) is 7.18. The number of nitrogens with zero attached hydrogens (tertiary/aromatic N) is 1. The Morgan fingerprint density at radius 1 is 1.29 bits per heavy atom. The average Bonchev–Trinajstić information content (AvgIpc) is 3.08. The van der Waals surface area contributed by atoms with Crippen molar-refractivity contribution < 1.29 is 46.1 Å². The normalized spacial score (nSPS) is 28.3. The van der Waals surface area contributed by atoms with Crippen molar-refractivity contribution in [3.05, 3.63) is 47.0 Å². The fourth-order valence-electron chi connectivity index (χ4n) is 3.13. The Labute approximate surface area is 179 Å². The van der Waals surface area contributed by atoms with Crippen LogP contribution in [0.4, 0.5) is 26.3 Å². The predicted molar refractivity (Wildman–Crippen MR) is 102 cm³/mol. The molecule has 3 aliphatic rings.